The maximum Gasteiger partial charge on any atom is 0.0568 e. The Balaban J connectivity index is 1.46. The fraction of sp³-hybridized carbons (Fsp3) is 0. The summed E-state index contributed by atoms with van der Waals surface area (Å²) < 4.78 is 4.94. The highest BCUT2D eigenvalue weighted by molar-refractivity contribution is 6.30. The molecule has 10 aromatic rings. The van der Waals surface area contributed by atoms with Gasteiger partial charge in [-0.25, -0.2) is 0 Å². The zero-order valence-electron chi connectivity index (χ0n) is 23.9. The van der Waals surface area contributed by atoms with Crippen LogP contribution in [0, 0.1) is 0 Å². The maximum absolute atomic E-state index is 2.49. The lowest BCUT2D eigenvalue weighted by molar-refractivity contribution is 1.16. The predicted molar refractivity (Wildman–Crippen MR) is 188 cm³/mol. The van der Waals surface area contributed by atoms with Gasteiger partial charge in [0.15, 0.2) is 0 Å². The molecule has 0 amide bonds. The predicted octanol–water partition coefficient (Wildman–Crippen LogP) is 11.3. The van der Waals surface area contributed by atoms with Crippen LogP contribution in [-0.4, -0.2) is 9.13 Å². The van der Waals surface area contributed by atoms with Gasteiger partial charge in [-0.2, -0.15) is 0 Å². The van der Waals surface area contributed by atoms with Crippen LogP contribution in [0.5, 0.6) is 0 Å². The summed E-state index contributed by atoms with van der Waals surface area (Å²) in [5, 5.41) is 12.8. The van der Waals surface area contributed by atoms with E-state index in [4.69, 9.17) is 0 Å². The molecule has 0 aliphatic rings. The monoisotopic (exact) mass is 558 g/mol. The molecule has 0 fully saturated rings. The lowest BCUT2D eigenvalue weighted by Gasteiger charge is -2.15. The number of nitrogens with zero attached hydrogens (tertiary/aromatic N) is 2. The molecule has 2 nitrogen and oxygen atoms in total. The quantitative estimate of drug-likeness (QED) is 0.200. The van der Waals surface area contributed by atoms with Gasteiger partial charge in [-0.3, -0.25) is 0 Å². The topological polar surface area (TPSA) is 9.86 Å². The Kier molecular flexibility index (Phi) is 4.75. The largest absolute Gasteiger partial charge is 0.309 e. The minimum absolute atomic E-state index is 1.16. The Bertz CT molecular complexity index is 2760. The van der Waals surface area contributed by atoms with Gasteiger partial charge < -0.3 is 9.13 Å². The zero-order valence-corrected chi connectivity index (χ0v) is 23.9. The Hall–Kier alpha value is -5.86. The molecule has 2 aromatic heterocycles. The molecular weight excluding hydrogens is 532 g/mol. The van der Waals surface area contributed by atoms with Crippen molar-refractivity contribution in [2.24, 2.45) is 0 Å². The van der Waals surface area contributed by atoms with E-state index >= 15 is 0 Å². The summed E-state index contributed by atoms with van der Waals surface area (Å²) in [6.45, 7) is 0. The van der Waals surface area contributed by atoms with Crippen molar-refractivity contribution < 1.29 is 0 Å². The van der Waals surface area contributed by atoms with Crippen LogP contribution >= 0.6 is 0 Å². The Morgan fingerprint density at radius 3 is 1.55 bits per heavy atom. The van der Waals surface area contributed by atoms with Crippen LogP contribution in [0.15, 0.2) is 158 Å². The lowest BCUT2D eigenvalue weighted by Crippen LogP contribution is -1.98. The van der Waals surface area contributed by atoms with E-state index in [2.05, 4.69) is 167 Å². The molecule has 10 rings (SSSR count). The van der Waals surface area contributed by atoms with Gasteiger partial charge in [0, 0.05) is 32.6 Å². The first-order valence-corrected chi connectivity index (χ1v) is 15.2. The van der Waals surface area contributed by atoms with Crippen molar-refractivity contribution in [1.82, 2.24) is 9.13 Å². The number of rotatable bonds is 2. The average molecular weight is 559 g/mol. The Morgan fingerprint density at radius 2 is 0.818 bits per heavy atom. The van der Waals surface area contributed by atoms with Crippen LogP contribution < -0.4 is 0 Å². The van der Waals surface area contributed by atoms with E-state index in [-0.39, 0.29) is 0 Å². The van der Waals surface area contributed by atoms with Crippen LogP contribution in [0.1, 0.15) is 0 Å². The summed E-state index contributed by atoms with van der Waals surface area (Å²) in [7, 11) is 0. The normalized spacial score (nSPS) is 12.1. The summed E-state index contributed by atoms with van der Waals surface area (Å²) in [5.74, 6) is 0. The molecule has 8 aromatic carbocycles. The summed E-state index contributed by atoms with van der Waals surface area (Å²) in [6.07, 6.45) is 0. The van der Waals surface area contributed by atoms with Crippen molar-refractivity contribution >= 4 is 75.9 Å². The number of benzene rings is 8. The van der Waals surface area contributed by atoms with Crippen LogP contribution in [0.3, 0.4) is 0 Å². The van der Waals surface area contributed by atoms with Gasteiger partial charge in [0.2, 0.25) is 0 Å². The zero-order chi connectivity index (χ0) is 28.8. The highest BCUT2D eigenvalue weighted by atomic mass is 15.0. The van der Waals surface area contributed by atoms with Crippen molar-refractivity contribution in [3.05, 3.63) is 158 Å². The van der Waals surface area contributed by atoms with Gasteiger partial charge in [0.1, 0.15) is 0 Å². The fourth-order valence-electron chi connectivity index (χ4n) is 7.66. The van der Waals surface area contributed by atoms with Crippen molar-refractivity contribution in [2.75, 3.05) is 0 Å². The van der Waals surface area contributed by atoms with E-state index in [9.17, 15) is 0 Å². The summed E-state index contributed by atoms with van der Waals surface area (Å²) in [4.78, 5) is 0. The SMILES string of the molecule is c1ccc(-n2c3ccc4ccccc4c3c3c4ccccc4c(-n4c5ccccc5c5c6ccccc6ccc54)cc32)cc1. The van der Waals surface area contributed by atoms with Gasteiger partial charge in [-0.05, 0) is 63.3 Å². The molecule has 0 spiro atoms. The number of hydrogen-bond donors (Lipinski definition) is 0. The summed E-state index contributed by atoms with van der Waals surface area (Å²) in [5.41, 5.74) is 7.23. The first kappa shape index (κ1) is 23.7. The first-order chi connectivity index (χ1) is 21.9. The van der Waals surface area contributed by atoms with Crippen LogP contribution in [0.2, 0.25) is 0 Å². The third kappa shape index (κ3) is 3.09. The third-order valence-electron chi connectivity index (χ3n) is 9.46. The molecule has 0 saturated carbocycles. The van der Waals surface area contributed by atoms with E-state index < -0.39 is 0 Å². The van der Waals surface area contributed by atoms with Gasteiger partial charge in [-0.1, -0.05) is 121 Å². The highest BCUT2D eigenvalue weighted by Gasteiger charge is 2.22. The van der Waals surface area contributed by atoms with Crippen molar-refractivity contribution in [3.8, 4) is 11.4 Å². The molecule has 0 aliphatic heterocycles. The minimum atomic E-state index is 1.16. The van der Waals surface area contributed by atoms with Gasteiger partial charge in [-0.15, -0.1) is 0 Å². The average Bonchev–Trinajstić information content (AvgIpc) is 3.62. The second kappa shape index (κ2) is 8.82. The van der Waals surface area contributed by atoms with Gasteiger partial charge >= 0.3 is 0 Å². The molecule has 0 bridgehead atoms. The van der Waals surface area contributed by atoms with Gasteiger partial charge in [0.25, 0.3) is 0 Å². The van der Waals surface area contributed by atoms with E-state index in [1.165, 1.54) is 81.6 Å². The second-order valence-electron chi connectivity index (χ2n) is 11.7. The van der Waals surface area contributed by atoms with Crippen LogP contribution in [-0.2, 0) is 0 Å². The Morgan fingerprint density at radius 1 is 0.295 bits per heavy atom. The molecule has 2 heteroatoms. The van der Waals surface area contributed by atoms with Gasteiger partial charge in [0.05, 0.1) is 27.8 Å². The molecule has 0 aliphatic carbocycles. The number of aromatic nitrogens is 2. The second-order valence-corrected chi connectivity index (χ2v) is 11.7. The number of hydrogen-bond acceptors (Lipinski definition) is 0. The van der Waals surface area contributed by atoms with Crippen LogP contribution in [0.25, 0.3) is 87.3 Å². The molecule has 0 unspecified atom stereocenters. The van der Waals surface area contributed by atoms with Crippen LogP contribution in [0.4, 0.5) is 0 Å². The molecule has 0 atom stereocenters. The number of para-hydroxylation sites is 2. The van der Waals surface area contributed by atoms with E-state index in [1.807, 2.05) is 0 Å². The van der Waals surface area contributed by atoms with E-state index in [0.717, 1.165) is 5.69 Å². The van der Waals surface area contributed by atoms with Crippen molar-refractivity contribution in [3.63, 3.8) is 0 Å². The molecule has 2 heterocycles. The fourth-order valence-corrected chi connectivity index (χ4v) is 7.66. The number of fused-ring (bicyclic) bond motifs is 12. The highest BCUT2D eigenvalue weighted by Crippen LogP contribution is 2.44. The first-order valence-electron chi connectivity index (χ1n) is 15.2. The molecule has 0 saturated heterocycles. The molecule has 44 heavy (non-hydrogen) atoms. The standard InChI is InChI=1S/C42H26N2/c1-2-14-29(15-3-1)43-37-25-23-28-13-5-7-17-31(28)41(37)42-33-19-9-8-18-32(33)38(26-39(42)43)44-35-21-11-10-20-34(35)40-30-16-6-4-12-27(30)22-24-36(40)44/h1-26H. The molecule has 0 N–H and O–H groups in total. The maximum atomic E-state index is 2.49. The molecule has 0 radical (unpaired) electrons. The lowest BCUT2D eigenvalue weighted by atomic mass is 9.98. The molecular formula is C42H26N2. The molecule has 204 valence electrons. The Labute approximate surface area is 253 Å². The van der Waals surface area contributed by atoms with E-state index in [0.29, 0.717) is 0 Å². The van der Waals surface area contributed by atoms with Crippen molar-refractivity contribution in [1.29, 1.82) is 0 Å². The summed E-state index contributed by atoms with van der Waals surface area (Å²) in [6, 6.07) is 57.7. The third-order valence-corrected chi connectivity index (χ3v) is 9.46. The van der Waals surface area contributed by atoms with Crippen molar-refractivity contribution in [2.45, 2.75) is 0 Å². The minimum Gasteiger partial charge on any atom is -0.309 e. The smallest absolute Gasteiger partial charge is 0.0568 e. The summed E-state index contributed by atoms with van der Waals surface area (Å²) >= 11 is 0. The van der Waals surface area contributed by atoms with E-state index in [1.54, 1.807) is 0 Å².